The molecule has 0 bridgehead atoms. The van der Waals surface area contributed by atoms with Gasteiger partial charge in [0.1, 0.15) is 0 Å². The van der Waals surface area contributed by atoms with Crippen LogP contribution in [0, 0.1) is 0 Å². The number of alkyl halides is 4. The van der Waals surface area contributed by atoms with E-state index in [0.29, 0.717) is 6.20 Å². The van der Waals surface area contributed by atoms with Gasteiger partial charge in [0.25, 0.3) is 5.56 Å². The molecule has 0 aliphatic heterocycles. The van der Waals surface area contributed by atoms with Crippen LogP contribution in [0.3, 0.4) is 0 Å². The van der Waals surface area contributed by atoms with Gasteiger partial charge in [-0.25, -0.2) is 4.68 Å². The highest BCUT2D eigenvalue weighted by Crippen LogP contribution is 2.30. The molecule has 0 radical (unpaired) electrons. The van der Waals surface area contributed by atoms with E-state index in [0.717, 1.165) is 4.68 Å². The van der Waals surface area contributed by atoms with Gasteiger partial charge in [0.15, 0.2) is 0 Å². The van der Waals surface area contributed by atoms with E-state index in [2.05, 4.69) is 21.0 Å². The van der Waals surface area contributed by atoms with Crippen molar-refractivity contribution in [3.05, 3.63) is 27.7 Å². The molecule has 0 N–H and O–H groups in total. The van der Waals surface area contributed by atoms with E-state index in [9.17, 15) is 18.0 Å². The molecule has 0 fully saturated rings. The van der Waals surface area contributed by atoms with Crippen LogP contribution in [0.15, 0.2) is 11.0 Å². The van der Waals surface area contributed by atoms with Crippen LogP contribution in [0.4, 0.5) is 13.2 Å². The van der Waals surface area contributed by atoms with Crippen molar-refractivity contribution >= 4 is 15.9 Å². The van der Waals surface area contributed by atoms with Crippen LogP contribution < -0.4 is 5.56 Å². The van der Waals surface area contributed by atoms with Crippen molar-refractivity contribution in [1.29, 1.82) is 0 Å². The molecule has 7 heteroatoms. The second-order valence-electron chi connectivity index (χ2n) is 2.60. The van der Waals surface area contributed by atoms with Crippen LogP contribution in [0.2, 0.25) is 0 Å². The highest BCUT2D eigenvalue weighted by molar-refractivity contribution is 9.08. The Bertz CT molecular complexity index is 399. The Kier molecular flexibility index (Phi) is 2.98. The van der Waals surface area contributed by atoms with Gasteiger partial charge in [-0.15, -0.1) is 0 Å². The van der Waals surface area contributed by atoms with Crippen molar-refractivity contribution in [3.63, 3.8) is 0 Å². The lowest BCUT2D eigenvalue weighted by molar-refractivity contribution is -0.138. The number of aromatic nitrogens is 2. The van der Waals surface area contributed by atoms with Crippen molar-refractivity contribution in [2.24, 2.45) is 7.05 Å². The molecule has 3 nitrogen and oxygen atoms in total. The van der Waals surface area contributed by atoms with E-state index in [1.165, 1.54) is 7.05 Å². The first-order valence-electron chi connectivity index (χ1n) is 3.56. The number of rotatable bonds is 1. The summed E-state index contributed by atoms with van der Waals surface area (Å²) in [6, 6.07) is 0. The minimum Gasteiger partial charge on any atom is -0.267 e. The summed E-state index contributed by atoms with van der Waals surface area (Å²) in [5, 5.41) is 3.18. The van der Waals surface area contributed by atoms with E-state index in [4.69, 9.17) is 0 Å². The lowest BCUT2D eigenvalue weighted by Gasteiger charge is -2.10. The van der Waals surface area contributed by atoms with Gasteiger partial charge in [-0.2, -0.15) is 18.3 Å². The van der Waals surface area contributed by atoms with E-state index >= 15 is 0 Å². The minimum absolute atomic E-state index is 0.142. The predicted molar refractivity (Wildman–Crippen MR) is 47.1 cm³/mol. The summed E-state index contributed by atoms with van der Waals surface area (Å²) >= 11 is 2.84. The van der Waals surface area contributed by atoms with Crippen LogP contribution in [0.5, 0.6) is 0 Å². The van der Waals surface area contributed by atoms with Gasteiger partial charge in [-0.3, -0.25) is 4.79 Å². The lowest BCUT2D eigenvalue weighted by atomic mass is 10.2. The van der Waals surface area contributed by atoms with Gasteiger partial charge in [0.2, 0.25) is 0 Å². The second kappa shape index (κ2) is 3.72. The number of hydrogen-bond donors (Lipinski definition) is 0. The molecule has 0 unspecified atom stereocenters. The largest absolute Gasteiger partial charge is 0.418 e. The molecular weight excluding hydrogens is 265 g/mol. The molecule has 1 aromatic heterocycles. The first-order valence-corrected chi connectivity index (χ1v) is 4.68. The van der Waals surface area contributed by atoms with Crippen molar-refractivity contribution < 1.29 is 13.2 Å². The summed E-state index contributed by atoms with van der Waals surface area (Å²) in [6.45, 7) is 0. The zero-order chi connectivity index (χ0) is 10.9. The molecule has 1 heterocycles. The van der Waals surface area contributed by atoms with E-state index in [1.807, 2.05) is 0 Å². The Morgan fingerprint density at radius 1 is 1.57 bits per heavy atom. The summed E-state index contributed by atoms with van der Waals surface area (Å²) in [5.74, 6) is 0. The number of aryl methyl sites for hydroxylation is 1. The van der Waals surface area contributed by atoms with Crippen LogP contribution >= 0.6 is 15.9 Å². The molecule has 14 heavy (non-hydrogen) atoms. The molecule has 0 saturated carbocycles. The fourth-order valence-electron chi connectivity index (χ4n) is 0.959. The summed E-state index contributed by atoms with van der Waals surface area (Å²) in [5.41, 5.74) is -2.05. The first kappa shape index (κ1) is 11.2. The molecule has 0 saturated heterocycles. The topological polar surface area (TPSA) is 34.9 Å². The predicted octanol–water partition coefficient (Wildman–Crippen LogP) is 1.69. The maximum atomic E-state index is 12.3. The average Bonchev–Trinajstić information content (AvgIpc) is 2.07. The Hall–Kier alpha value is -0.850. The number of hydrogen-bond acceptors (Lipinski definition) is 2. The molecule has 0 aliphatic rings. The molecule has 0 atom stereocenters. The molecule has 0 aromatic carbocycles. The Morgan fingerprint density at radius 3 is 2.57 bits per heavy atom. The van der Waals surface area contributed by atoms with Crippen molar-refractivity contribution in [2.75, 3.05) is 0 Å². The lowest BCUT2D eigenvalue weighted by Crippen LogP contribution is -2.27. The number of halogens is 4. The van der Waals surface area contributed by atoms with Gasteiger partial charge >= 0.3 is 6.18 Å². The molecular formula is C7H6BrF3N2O. The maximum Gasteiger partial charge on any atom is 0.418 e. The molecule has 1 rings (SSSR count). The third-order valence-electron chi connectivity index (χ3n) is 1.68. The van der Waals surface area contributed by atoms with E-state index < -0.39 is 17.3 Å². The smallest absolute Gasteiger partial charge is 0.267 e. The first-order chi connectivity index (χ1) is 6.38. The third kappa shape index (κ3) is 1.97. The normalized spacial score (nSPS) is 11.8. The fourth-order valence-corrected chi connectivity index (χ4v) is 1.50. The summed E-state index contributed by atoms with van der Waals surface area (Å²) < 4.78 is 37.9. The highest BCUT2D eigenvalue weighted by atomic mass is 79.9. The third-order valence-corrected chi connectivity index (χ3v) is 2.24. The highest BCUT2D eigenvalue weighted by Gasteiger charge is 2.35. The second-order valence-corrected chi connectivity index (χ2v) is 3.16. The summed E-state index contributed by atoms with van der Waals surface area (Å²) in [4.78, 5) is 11.2. The quantitative estimate of drug-likeness (QED) is 0.728. The monoisotopic (exact) mass is 270 g/mol. The van der Waals surface area contributed by atoms with Crippen molar-refractivity contribution in [3.8, 4) is 0 Å². The van der Waals surface area contributed by atoms with Crippen LogP contribution in [-0.2, 0) is 18.6 Å². The van der Waals surface area contributed by atoms with Gasteiger partial charge in [-0.05, 0) is 0 Å². The number of nitrogens with zero attached hydrogens (tertiary/aromatic N) is 2. The Morgan fingerprint density at radius 2 is 2.14 bits per heavy atom. The van der Waals surface area contributed by atoms with Crippen LogP contribution in [-0.4, -0.2) is 9.78 Å². The minimum atomic E-state index is -4.54. The van der Waals surface area contributed by atoms with Gasteiger partial charge in [0.05, 0.1) is 11.8 Å². The molecule has 1 aromatic rings. The molecule has 0 amide bonds. The van der Waals surface area contributed by atoms with Gasteiger partial charge < -0.3 is 0 Å². The van der Waals surface area contributed by atoms with E-state index in [-0.39, 0.29) is 10.9 Å². The summed E-state index contributed by atoms with van der Waals surface area (Å²) in [7, 11) is 1.30. The maximum absolute atomic E-state index is 12.3. The van der Waals surface area contributed by atoms with Crippen molar-refractivity contribution in [2.45, 2.75) is 11.5 Å². The van der Waals surface area contributed by atoms with E-state index in [1.54, 1.807) is 0 Å². The van der Waals surface area contributed by atoms with Crippen molar-refractivity contribution in [1.82, 2.24) is 9.78 Å². The van der Waals surface area contributed by atoms with Gasteiger partial charge in [-0.1, -0.05) is 15.9 Å². The molecule has 0 aliphatic carbocycles. The summed E-state index contributed by atoms with van der Waals surface area (Å²) in [6.07, 6.45) is -3.89. The van der Waals surface area contributed by atoms with Gasteiger partial charge in [0, 0.05) is 17.9 Å². The standard InChI is InChI=1S/C7H6BrF3N2O/c1-13-6(14)4(2-8)5(3-12-13)7(9,10)11/h3H,2H2,1H3. The Labute approximate surface area is 85.7 Å². The van der Waals surface area contributed by atoms with Crippen LogP contribution in [0.1, 0.15) is 11.1 Å². The van der Waals surface area contributed by atoms with Crippen LogP contribution in [0.25, 0.3) is 0 Å². The zero-order valence-corrected chi connectivity index (χ0v) is 8.68. The Balaban J connectivity index is 3.47. The molecule has 0 spiro atoms. The molecule has 78 valence electrons. The fraction of sp³-hybridized carbons (Fsp3) is 0.429. The zero-order valence-electron chi connectivity index (χ0n) is 7.10. The average molecular weight is 271 g/mol. The SMILES string of the molecule is Cn1ncc(C(F)(F)F)c(CBr)c1=O.